The predicted octanol–water partition coefficient (Wildman–Crippen LogP) is 5.69. The monoisotopic (exact) mass is 535 g/mol. The summed E-state index contributed by atoms with van der Waals surface area (Å²) in [6, 6.07) is 27.2. The van der Waals surface area contributed by atoms with Crippen LogP contribution in [0.25, 0.3) is 0 Å². The van der Waals surface area contributed by atoms with Crippen molar-refractivity contribution in [2.24, 2.45) is 0 Å². The van der Waals surface area contributed by atoms with E-state index < -0.39 is 31.6 Å². The van der Waals surface area contributed by atoms with Gasteiger partial charge in [-0.3, -0.25) is 13.9 Å². The number of hydrogen-bond donors (Lipinski definition) is 1. The predicted molar refractivity (Wildman–Crippen MR) is 145 cm³/mol. The number of rotatable bonds is 12. The number of carbonyl (C=O) groups excluding carboxylic acids is 2. The highest BCUT2D eigenvalue weighted by molar-refractivity contribution is 7.52. The minimum atomic E-state index is -4.09. The van der Waals surface area contributed by atoms with Crippen LogP contribution < -0.4 is 0 Å². The zero-order valence-electron chi connectivity index (χ0n) is 21.4. The Morgan fingerprint density at radius 3 is 2.16 bits per heavy atom. The Morgan fingerprint density at radius 2 is 1.50 bits per heavy atom. The number of ether oxygens (including phenoxy) is 1. The quantitative estimate of drug-likeness (QED) is 0.182. The average Bonchev–Trinajstić information content (AvgIpc) is 3.44. The number of carbonyl (C=O) groups is 2. The van der Waals surface area contributed by atoms with E-state index in [1.54, 1.807) is 30.3 Å². The Morgan fingerprint density at radius 1 is 0.895 bits per heavy atom. The largest absolute Gasteiger partial charge is 0.459 e. The third-order valence-corrected chi connectivity index (χ3v) is 8.05. The van der Waals surface area contributed by atoms with Gasteiger partial charge in [0.2, 0.25) is 0 Å². The van der Waals surface area contributed by atoms with Crippen LogP contribution in [0.2, 0.25) is 0 Å². The Hall–Kier alpha value is -3.25. The van der Waals surface area contributed by atoms with Gasteiger partial charge in [-0.05, 0) is 48.8 Å². The minimum absolute atomic E-state index is 0.0566. The van der Waals surface area contributed by atoms with Crippen LogP contribution in [0.5, 0.6) is 0 Å². The van der Waals surface area contributed by atoms with Crippen molar-refractivity contribution in [1.29, 1.82) is 0 Å². The van der Waals surface area contributed by atoms with Crippen molar-refractivity contribution in [3.63, 3.8) is 0 Å². The van der Waals surface area contributed by atoms with Crippen LogP contribution in [-0.4, -0.2) is 40.4 Å². The Labute approximate surface area is 223 Å². The van der Waals surface area contributed by atoms with Crippen molar-refractivity contribution in [1.82, 2.24) is 4.90 Å². The van der Waals surface area contributed by atoms with Crippen molar-refractivity contribution < 1.29 is 28.3 Å². The molecule has 1 aliphatic heterocycles. The lowest BCUT2D eigenvalue weighted by Gasteiger charge is -2.29. The van der Waals surface area contributed by atoms with Crippen molar-refractivity contribution in [2.75, 3.05) is 12.7 Å². The molecular formula is C30H34NO6P. The second-order valence-corrected chi connectivity index (χ2v) is 11.4. The highest BCUT2D eigenvalue weighted by Gasteiger charge is 2.41. The van der Waals surface area contributed by atoms with Gasteiger partial charge in [0.15, 0.2) is 6.10 Å². The normalized spacial score (nSPS) is 17.5. The van der Waals surface area contributed by atoms with Gasteiger partial charge >= 0.3 is 13.6 Å². The van der Waals surface area contributed by atoms with Crippen LogP contribution in [0.1, 0.15) is 48.5 Å². The van der Waals surface area contributed by atoms with Crippen LogP contribution in [-0.2, 0) is 36.4 Å². The van der Waals surface area contributed by atoms with Gasteiger partial charge in [0.25, 0.3) is 5.91 Å². The van der Waals surface area contributed by atoms with E-state index in [-0.39, 0.29) is 12.8 Å². The van der Waals surface area contributed by atoms with Gasteiger partial charge in [-0.1, -0.05) is 91.0 Å². The lowest BCUT2D eigenvalue weighted by molar-refractivity contribution is -0.156. The zero-order chi connectivity index (χ0) is 26.8. The number of likely N-dealkylation sites (tertiary alicyclic amines) is 1. The van der Waals surface area contributed by atoms with Gasteiger partial charge < -0.3 is 14.5 Å². The molecule has 200 valence electrons. The van der Waals surface area contributed by atoms with E-state index in [1.807, 2.05) is 60.7 Å². The summed E-state index contributed by atoms with van der Waals surface area (Å²) < 4.78 is 24.3. The van der Waals surface area contributed by atoms with Gasteiger partial charge in [0, 0.05) is 6.54 Å². The molecule has 3 aromatic rings. The number of nitrogens with zero attached hydrogens (tertiary/aromatic N) is 1. The highest BCUT2D eigenvalue weighted by Crippen LogP contribution is 2.48. The first-order chi connectivity index (χ1) is 18.4. The maximum Gasteiger partial charge on any atom is 0.329 e. The Bertz CT molecular complexity index is 1220. The van der Waals surface area contributed by atoms with E-state index in [0.29, 0.717) is 31.4 Å². The summed E-state index contributed by atoms with van der Waals surface area (Å²) in [6.07, 6.45) is 1.76. The Balaban J connectivity index is 1.40. The fourth-order valence-electron chi connectivity index (χ4n) is 4.63. The van der Waals surface area contributed by atoms with Crippen molar-refractivity contribution >= 4 is 19.5 Å². The van der Waals surface area contributed by atoms with Crippen LogP contribution >= 0.6 is 7.60 Å². The molecule has 0 aliphatic carbocycles. The molecule has 1 amide bonds. The SMILES string of the molecule is O=C(OCc1ccccc1)[C@@H]1CCCN1C(=O)C(OP(=O)(O)CCCCc1ccccc1)c1ccccc1. The van der Waals surface area contributed by atoms with Gasteiger partial charge in [0.1, 0.15) is 12.6 Å². The molecular weight excluding hydrogens is 501 g/mol. The first-order valence-corrected chi connectivity index (χ1v) is 14.8. The van der Waals surface area contributed by atoms with Crippen molar-refractivity contribution in [2.45, 2.75) is 50.9 Å². The summed E-state index contributed by atoms with van der Waals surface area (Å²) >= 11 is 0. The maximum absolute atomic E-state index is 13.7. The molecule has 1 heterocycles. The summed E-state index contributed by atoms with van der Waals surface area (Å²) in [5.74, 6) is -0.992. The molecule has 1 aliphatic rings. The molecule has 0 aromatic heterocycles. The summed E-state index contributed by atoms with van der Waals surface area (Å²) in [7, 11) is -4.09. The van der Waals surface area contributed by atoms with Crippen molar-refractivity contribution in [3.05, 3.63) is 108 Å². The number of benzene rings is 3. The van der Waals surface area contributed by atoms with E-state index in [0.717, 1.165) is 24.0 Å². The summed E-state index contributed by atoms with van der Waals surface area (Å²) in [4.78, 5) is 38.7. The average molecular weight is 536 g/mol. The van der Waals surface area contributed by atoms with Crippen LogP contribution in [0.3, 0.4) is 0 Å². The number of hydrogen-bond acceptors (Lipinski definition) is 5. The van der Waals surface area contributed by atoms with E-state index in [9.17, 15) is 19.0 Å². The first-order valence-electron chi connectivity index (χ1n) is 13.0. The smallest absolute Gasteiger partial charge is 0.329 e. The Kier molecular flexibility index (Phi) is 9.88. The maximum atomic E-state index is 13.7. The number of aryl methyl sites for hydroxylation is 1. The fourth-order valence-corrected chi connectivity index (χ4v) is 5.90. The standard InChI is InChI=1S/C30H34NO6P/c32-29(31-21-12-20-27(31)30(33)36-23-25-16-6-2-7-17-25)28(26-18-8-3-9-19-26)37-38(34,35)22-11-10-15-24-13-4-1-5-14-24/h1-9,13-14,16-19,27-28H,10-12,15,20-23H2,(H,34,35)/t27-,28?/m0/s1. The van der Waals surface area contributed by atoms with E-state index in [1.165, 1.54) is 4.90 Å². The van der Waals surface area contributed by atoms with Crippen LogP contribution in [0, 0.1) is 0 Å². The van der Waals surface area contributed by atoms with Gasteiger partial charge in [0.05, 0.1) is 6.16 Å². The highest BCUT2D eigenvalue weighted by atomic mass is 31.2. The molecule has 1 fully saturated rings. The lowest BCUT2D eigenvalue weighted by atomic mass is 10.1. The summed E-state index contributed by atoms with van der Waals surface area (Å²) in [6.45, 7) is 0.467. The molecule has 0 saturated carbocycles. The third-order valence-electron chi connectivity index (χ3n) is 6.63. The molecule has 3 aromatic carbocycles. The summed E-state index contributed by atoms with van der Waals surface area (Å²) in [5, 5.41) is 0. The molecule has 3 atom stereocenters. The van der Waals surface area contributed by atoms with Gasteiger partial charge in [-0.15, -0.1) is 0 Å². The number of unbranched alkanes of at least 4 members (excludes halogenated alkanes) is 1. The number of amides is 1. The summed E-state index contributed by atoms with van der Waals surface area (Å²) in [5.41, 5.74) is 2.49. The fraction of sp³-hybridized carbons (Fsp3) is 0.333. The molecule has 7 nitrogen and oxygen atoms in total. The molecule has 1 N–H and O–H groups in total. The molecule has 38 heavy (non-hydrogen) atoms. The van der Waals surface area contributed by atoms with Crippen LogP contribution in [0.15, 0.2) is 91.0 Å². The molecule has 4 rings (SSSR count). The molecule has 1 saturated heterocycles. The van der Waals surface area contributed by atoms with E-state index in [4.69, 9.17) is 9.26 Å². The van der Waals surface area contributed by atoms with Gasteiger partial charge in [-0.25, -0.2) is 4.79 Å². The van der Waals surface area contributed by atoms with Crippen molar-refractivity contribution in [3.8, 4) is 0 Å². The zero-order valence-corrected chi connectivity index (χ0v) is 22.2. The third kappa shape index (κ3) is 7.87. The molecule has 0 bridgehead atoms. The molecule has 0 spiro atoms. The minimum Gasteiger partial charge on any atom is -0.459 e. The second-order valence-electron chi connectivity index (χ2n) is 9.48. The van der Waals surface area contributed by atoms with E-state index in [2.05, 4.69) is 0 Å². The molecule has 2 unspecified atom stereocenters. The van der Waals surface area contributed by atoms with Gasteiger partial charge in [-0.2, -0.15) is 0 Å². The number of esters is 1. The molecule has 0 radical (unpaired) electrons. The second kappa shape index (κ2) is 13.5. The van der Waals surface area contributed by atoms with E-state index >= 15 is 0 Å². The lowest BCUT2D eigenvalue weighted by Crippen LogP contribution is -2.44. The topological polar surface area (TPSA) is 93.1 Å². The van der Waals surface area contributed by atoms with Crippen LogP contribution in [0.4, 0.5) is 0 Å². The first kappa shape index (κ1) is 27.8. The molecule has 8 heteroatoms.